The van der Waals surface area contributed by atoms with Crippen LogP contribution in [-0.2, 0) is 19.0 Å². The lowest BCUT2D eigenvalue weighted by atomic mass is 9.99. The molecule has 0 aromatic heterocycles. The smallest absolute Gasteiger partial charge is 0.336 e. The Balaban J connectivity index is 2.11. The van der Waals surface area contributed by atoms with Crippen molar-refractivity contribution in [1.82, 2.24) is 0 Å². The fourth-order valence-corrected chi connectivity index (χ4v) is 1.99. The van der Waals surface area contributed by atoms with E-state index in [0.29, 0.717) is 12.2 Å². The SMILES string of the molecule is COCC=CC1OC2C(=CC1O)C(=O)OC2C. The van der Waals surface area contributed by atoms with E-state index in [1.165, 1.54) is 6.08 Å². The summed E-state index contributed by atoms with van der Waals surface area (Å²) in [5.41, 5.74) is 0.418. The van der Waals surface area contributed by atoms with Crippen LogP contribution in [0.1, 0.15) is 6.92 Å². The highest BCUT2D eigenvalue weighted by atomic mass is 16.6. The van der Waals surface area contributed by atoms with Gasteiger partial charge >= 0.3 is 5.97 Å². The van der Waals surface area contributed by atoms with Gasteiger partial charge in [0.25, 0.3) is 0 Å². The molecule has 4 unspecified atom stereocenters. The minimum Gasteiger partial charge on any atom is -0.456 e. The summed E-state index contributed by atoms with van der Waals surface area (Å²) in [4.78, 5) is 11.4. The Kier molecular flexibility index (Phi) is 3.61. The molecule has 2 aliphatic rings. The third-order valence-electron chi connectivity index (χ3n) is 2.84. The Morgan fingerprint density at radius 3 is 3.06 bits per heavy atom. The second-order valence-electron chi connectivity index (χ2n) is 4.13. The average molecular weight is 240 g/mol. The second-order valence-corrected chi connectivity index (χ2v) is 4.13. The summed E-state index contributed by atoms with van der Waals surface area (Å²) < 4.78 is 15.6. The first-order valence-corrected chi connectivity index (χ1v) is 5.55. The fraction of sp³-hybridized carbons (Fsp3) is 0.583. The van der Waals surface area contributed by atoms with Gasteiger partial charge in [0.1, 0.15) is 24.4 Å². The van der Waals surface area contributed by atoms with Crippen molar-refractivity contribution < 1.29 is 24.1 Å². The number of rotatable bonds is 3. The van der Waals surface area contributed by atoms with Crippen LogP contribution >= 0.6 is 0 Å². The van der Waals surface area contributed by atoms with Gasteiger partial charge in [0, 0.05) is 7.11 Å². The fourth-order valence-electron chi connectivity index (χ4n) is 1.99. The lowest BCUT2D eigenvalue weighted by Gasteiger charge is -2.28. The quantitative estimate of drug-likeness (QED) is 0.563. The van der Waals surface area contributed by atoms with E-state index in [-0.39, 0.29) is 12.2 Å². The van der Waals surface area contributed by atoms with Crippen molar-refractivity contribution in [3.63, 3.8) is 0 Å². The molecule has 2 rings (SSSR count). The first kappa shape index (κ1) is 12.3. The highest BCUT2D eigenvalue weighted by Gasteiger charge is 2.43. The molecule has 0 bridgehead atoms. The summed E-state index contributed by atoms with van der Waals surface area (Å²) in [5, 5.41) is 9.82. The van der Waals surface area contributed by atoms with Gasteiger partial charge in [-0.05, 0) is 13.0 Å². The highest BCUT2D eigenvalue weighted by molar-refractivity contribution is 5.92. The number of esters is 1. The van der Waals surface area contributed by atoms with Crippen molar-refractivity contribution in [2.24, 2.45) is 0 Å². The number of methoxy groups -OCH3 is 1. The topological polar surface area (TPSA) is 65.0 Å². The van der Waals surface area contributed by atoms with E-state index in [4.69, 9.17) is 14.2 Å². The third kappa shape index (κ3) is 2.41. The molecule has 17 heavy (non-hydrogen) atoms. The van der Waals surface area contributed by atoms with Gasteiger partial charge in [-0.25, -0.2) is 4.79 Å². The summed E-state index contributed by atoms with van der Waals surface area (Å²) in [6.07, 6.45) is 3.04. The van der Waals surface area contributed by atoms with Gasteiger partial charge in [-0.1, -0.05) is 12.2 Å². The Morgan fingerprint density at radius 1 is 1.59 bits per heavy atom. The van der Waals surface area contributed by atoms with E-state index < -0.39 is 18.2 Å². The molecule has 0 saturated carbocycles. The van der Waals surface area contributed by atoms with Gasteiger partial charge in [-0.3, -0.25) is 0 Å². The van der Waals surface area contributed by atoms with Gasteiger partial charge in [0.05, 0.1) is 12.2 Å². The minimum atomic E-state index is -0.827. The maximum atomic E-state index is 11.4. The number of cyclic esters (lactones) is 1. The Hall–Kier alpha value is -1.17. The van der Waals surface area contributed by atoms with Crippen molar-refractivity contribution >= 4 is 5.97 Å². The van der Waals surface area contributed by atoms with Crippen LogP contribution in [0.2, 0.25) is 0 Å². The molecule has 5 heteroatoms. The van der Waals surface area contributed by atoms with Crippen LogP contribution in [0.15, 0.2) is 23.8 Å². The van der Waals surface area contributed by atoms with Crippen LogP contribution in [0.3, 0.4) is 0 Å². The molecule has 5 nitrogen and oxygen atoms in total. The molecule has 2 aliphatic heterocycles. The number of hydrogen-bond donors (Lipinski definition) is 1. The van der Waals surface area contributed by atoms with Crippen molar-refractivity contribution in [2.75, 3.05) is 13.7 Å². The zero-order valence-electron chi connectivity index (χ0n) is 9.83. The Bertz CT molecular complexity index is 360. The van der Waals surface area contributed by atoms with E-state index >= 15 is 0 Å². The highest BCUT2D eigenvalue weighted by Crippen LogP contribution is 2.30. The van der Waals surface area contributed by atoms with Crippen LogP contribution in [0.4, 0.5) is 0 Å². The van der Waals surface area contributed by atoms with Crippen molar-refractivity contribution in [2.45, 2.75) is 31.3 Å². The summed E-state index contributed by atoms with van der Waals surface area (Å²) in [7, 11) is 1.59. The minimum absolute atomic E-state index is 0.306. The number of hydrogen-bond acceptors (Lipinski definition) is 5. The summed E-state index contributed by atoms with van der Waals surface area (Å²) in [5.74, 6) is -0.402. The first-order valence-electron chi connectivity index (χ1n) is 5.55. The summed E-state index contributed by atoms with van der Waals surface area (Å²) >= 11 is 0. The lowest BCUT2D eigenvalue weighted by Crippen LogP contribution is -2.38. The van der Waals surface area contributed by atoms with E-state index in [9.17, 15) is 9.90 Å². The Morgan fingerprint density at radius 2 is 2.35 bits per heavy atom. The summed E-state index contributed by atoms with van der Waals surface area (Å²) in [6.45, 7) is 2.23. The molecule has 0 amide bonds. The lowest BCUT2D eigenvalue weighted by molar-refractivity contribution is -0.139. The number of aliphatic hydroxyl groups is 1. The van der Waals surface area contributed by atoms with Gasteiger partial charge in [0.2, 0.25) is 0 Å². The zero-order valence-corrected chi connectivity index (χ0v) is 9.83. The number of carbonyl (C=O) groups excluding carboxylic acids is 1. The standard InChI is InChI=1S/C12H16O5/c1-7-11-8(12(14)16-7)6-9(13)10(17-11)4-3-5-15-2/h3-4,6-7,9-11,13H,5H2,1-2H3. The third-order valence-corrected chi connectivity index (χ3v) is 2.84. The molecule has 1 N–H and O–H groups in total. The van der Waals surface area contributed by atoms with Crippen LogP contribution in [0.25, 0.3) is 0 Å². The number of fused-ring (bicyclic) bond motifs is 1. The van der Waals surface area contributed by atoms with Crippen molar-refractivity contribution in [3.8, 4) is 0 Å². The molecule has 0 spiro atoms. The number of carbonyl (C=O) groups is 1. The number of aliphatic hydroxyl groups excluding tert-OH is 1. The molecule has 0 aromatic rings. The van der Waals surface area contributed by atoms with E-state index in [1.54, 1.807) is 26.2 Å². The monoisotopic (exact) mass is 240 g/mol. The zero-order chi connectivity index (χ0) is 12.4. The predicted octanol–water partition coefficient (Wildman–Crippen LogP) is 0.189. The largest absolute Gasteiger partial charge is 0.456 e. The maximum absolute atomic E-state index is 11.4. The first-order chi connectivity index (χ1) is 8.13. The van der Waals surface area contributed by atoms with E-state index in [0.717, 1.165) is 0 Å². The van der Waals surface area contributed by atoms with Crippen LogP contribution in [-0.4, -0.2) is 49.2 Å². The average Bonchev–Trinajstić information content (AvgIpc) is 2.55. The second kappa shape index (κ2) is 5.00. The van der Waals surface area contributed by atoms with Crippen LogP contribution < -0.4 is 0 Å². The van der Waals surface area contributed by atoms with Crippen molar-refractivity contribution in [3.05, 3.63) is 23.8 Å². The molecule has 0 radical (unpaired) electrons. The molecule has 0 aliphatic carbocycles. The molecule has 1 saturated heterocycles. The van der Waals surface area contributed by atoms with Crippen LogP contribution in [0, 0.1) is 0 Å². The molecule has 0 aromatic carbocycles. The summed E-state index contributed by atoms with van der Waals surface area (Å²) in [6, 6.07) is 0. The normalized spacial score (nSPS) is 36.9. The van der Waals surface area contributed by atoms with E-state index in [1.807, 2.05) is 0 Å². The molecule has 2 heterocycles. The van der Waals surface area contributed by atoms with Gasteiger partial charge < -0.3 is 19.3 Å². The van der Waals surface area contributed by atoms with Crippen LogP contribution in [0.5, 0.6) is 0 Å². The number of ether oxygens (including phenoxy) is 3. The maximum Gasteiger partial charge on any atom is 0.336 e. The molecular weight excluding hydrogens is 224 g/mol. The van der Waals surface area contributed by atoms with Gasteiger partial charge in [-0.2, -0.15) is 0 Å². The van der Waals surface area contributed by atoms with Gasteiger partial charge in [-0.15, -0.1) is 0 Å². The van der Waals surface area contributed by atoms with E-state index in [2.05, 4.69) is 0 Å². The molecule has 4 atom stereocenters. The van der Waals surface area contributed by atoms with Gasteiger partial charge in [0.15, 0.2) is 0 Å². The van der Waals surface area contributed by atoms with Crippen molar-refractivity contribution in [1.29, 1.82) is 0 Å². The molecule has 1 fully saturated rings. The predicted molar refractivity (Wildman–Crippen MR) is 59.3 cm³/mol. The molecule has 94 valence electrons. The molecular formula is C12H16O5. The Labute approximate surface area is 99.7 Å².